The van der Waals surface area contributed by atoms with Crippen LogP contribution in [0, 0.1) is 0 Å². The van der Waals surface area contributed by atoms with Crippen molar-refractivity contribution >= 4 is 5.91 Å². The maximum absolute atomic E-state index is 11.8. The van der Waals surface area contributed by atoms with Crippen LogP contribution in [0.5, 0.6) is 0 Å². The van der Waals surface area contributed by atoms with Gasteiger partial charge in [0.2, 0.25) is 5.91 Å². The first-order valence-corrected chi connectivity index (χ1v) is 9.95. The number of aliphatic hydroxyl groups is 1. The molecule has 0 aromatic heterocycles. The van der Waals surface area contributed by atoms with Crippen molar-refractivity contribution in [2.24, 2.45) is 0 Å². The molecule has 0 unspecified atom stereocenters. The van der Waals surface area contributed by atoms with Crippen LogP contribution in [-0.2, 0) is 4.79 Å². The van der Waals surface area contributed by atoms with Crippen LogP contribution >= 0.6 is 0 Å². The lowest BCUT2D eigenvalue weighted by Crippen LogP contribution is -2.38. The van der Waals surface area contributed by atoms with Gasteiger partial charge < -0.3 is 10.4 Å². The second kappa shape index (κ2) is 18.5. The fraction of sp³-hybridized carbons (Fsp3) is 0.850. The Morgan fingerprint density at radius 2 is 1.67 bits per heavy atom. The van der Waals surface area contributed by atoms with Crippen LogP contribution in [0.15, 0.2) is 12.2 Å². The number of aliphatic hydroxyl groups excluding tert-OH is 1. The molecule has 4 heteroatoms. The molecule has 0 fully saturated rings. The van der Waals surface area contributed by atoms with Gasteiger partial charge in [0.1, 0.15) is 0 Å². The van der Waals surface area contributed by atoms with E-state index < -0.39 is 0 Å². The highest BCUT2D eigenvalue weighted by Crippen LogP contribution is 2.07. The maximum atomic E-state index is 11.8. The van der Waals surface area contributed by atoms with Gasteiger partial charge in [-0.05, 0) is 52.1 Å². The summed E-state index contributed by atoms with van der Waals surface area (Å²) in [5.74, 6) is 0.179. The Hall–Kier alpha value is -0.870. The summed E-state index contributed by atoms with van der Waals surface area (Å²) in [7, 11) is 0. The van der Waals surface area contributed by atoms with E-state index >= 15 is 0 Å². The third kappa shape index (κ3) is 16.0. The molecule has 24 heavy (non-hydrogen) atoms. The quantitative estimate of drug-likeness (QED) is 0.236. The Morgan fingerprint density at radius 1 is 1.00 bits per heavy atom. The number of nitrogens with one attached hydrogen (secondary N) is 1. The third-order valence-electron chi connectivity index (χ3n) is 4.34. The Bertz CT molecular complexity index is 306. The van der Waals surface area contributed by atoms with Gasteiger partial charge >= 0.3 is 0 Å². The van der Waals surface area contributed by atoms with E-state index in [2.05, 4.69) is 29.3 Å². The summed E-state index contributed by atoms with van der Waals surface area (Å²) < 4.78 is 0. The minimum Gasteiger partial charge on any atom is -0.396 e. The molecule has 0 saturated heterocycles. The molecule has 0 aliphatic rings. The number of hydrogen-bond acceptors (Lipinski definition) is 3. The molecule has 0 aliphatic carbocycles. The van der Waals surface area contributed by atoms with E-state index in [1.807, 2.05) is 6.92 Å². The zero-order valence-corrected chi connectivity index (χ0v) is 16.1. The number of carbonyl (C=O) groups is 1. The summed E-state index contributed by atoms with van der Waals surface area (Å²) in [6.07, 6.45) is 16.3. The van der Waals surface area contributed by atoms with Crippen LogP contribution in [0.4, 0.5) is 0 Å². The maximum Gasteiger partial charge on any atom is 0.220 e. The second-order valence-corrected chi connectivity index (χ2v) is 6.48. The summed E-state index contributed by atoms with van der Waals surface area (Å²) in [5.41, 5.74) is 0. The van der Waals surface area contributed by atoms with Gasteiger partial charge in [-0.1, -0.05) is 51.2 Å². The molecule has 0 spiro atoms. The van der Waals surface area contributed by atoms with Gasteiger partial charge in [-0.25, -0.2) is 0 Å². The molecular weight excluding hydrogens is 300 g/mol. The molecule has 0 aromatic rings. The average Bonchev–Trinajstić information content (AvgIpc) is 2.59. The van der Waals surface area contributed by atoms with Gasteiger partial charge in [-0.15, -0.1) is 0 Å². The van der Waals surface area contributed by atoms with Crippen molar-refractivity contribution in [1.82, 2.24) is 10.2 Å². The van der Waals surface area contributed by atoms with Crippen molar-refractivity contribution < 1.29 is 9.90 Å². The fourth-order valence-corrected chi connectivity index (χ4v) is 2.68. The summed E-state index contributed by atoms with van der Waals surface area (Å²) in [6.45, 7) is 7.24. The number of nitrogens with zero attached hydrogens (tertiary/aromatic N) is 1. The lowest BCUT2D eigenvalue weighted by Gasteiger charge is -2.20. The third-order valence-corrected chi connectivity index (χ3v) is 4.34. The Kier molecular flexibility index (Phi) is 17.8. The molecule has 0 bridgehead atoms. The minimum atomic E-state index is 0.179. The van der Waals surface area contributed by atoms with Gasteiger partial charge in [0.15, 0.2) is 0 Å². The molecule has 4 nitrogen and oxygen atoms in total. The van der Waals surface area contributed by atoms with Crippen molar-refractivity contribution in [2.75, 3.05) is 26.4 Å². The molecule has 0 heterocycles. The molecule has 1 amide bonds. The van der Waals surface area contributed by atoms with Gasteiger partial charge in [0, 0.05) is 13.0 Å². The van der Waals surface area contributed by atoms with Crippen LogP contribution in [0.2, 0.25) is 0 Å². The van der Waals surface area contributed by atoms with E-state index in [-0.39, 0.29) is 5.91 Å². The van der Waals surface area contributed by atoms with E-state index in [9.17, 15) is 4.79 Å². The molecule has 0 aromatic carbocycles. The predicted molar refractivity (Wildman–Crippen MR) is 103 cm³/mol. The van der Waals surface area contributed by atoms with Crippen LogP contribution in [0.25, 0.3) is 0 Å². The SMILES string of the molecule is C/C=C/CCCCC(=O)NCN(CC)CCCCCCCCCO. The van der Waals surface area contributed by atoms with Gasteiger partial charge in [0.05, 0.1) is 6.67 Å². The van der Waals surface area contributed by atoms with E-state index in [0.717, 1.165) is 45.2 Å². The van der Waals surface area contributed by atoms with Crippen molar-refractivity contribution in [3.8, 4) is 0 Å². The zero-order valence-electron chi connectivity index (χ0n) is 16.1. The highest BCUT2D eigenvalue weighted by molar-refractivity contribution is 5.75. The van der Waals surface area contributed by atoms with Crippen molar-refractivity contribution in [3.05, 3.63) is 12.2 Å². The largest absolute Gasteiger partial charge is 0.396 e. The number of unbranched alkanes of at least 4 members (excludes halogenated alkanes) is 8. The van der Waals surface area contributed by atoms with Crippen LogP contribution in [0.1, 0.15) is 84.5 Å². The number of amides is 1. The number of rotatable bonds is 17. The standard InChI is InChI=1S/C20H40N2O2/c1-3-5-6-10-13-16-20(24)21-19-22(4-2)17-14-11-8-7-9-12-15-18-23/h3,5,23H,4,6-19H2,1-2H3,(H,21,24)/b5-3+. The first-order chi connectivity index (χ1) is 11.7. The predicted octanol–water partition coefficient (Wildman–Crippen LogP) is 4.24. The van der Waals surface area contributed by atoms with Crippen LogP contribution in [-0.4, -0.2) is 42.3 Å². The van der Waals surface area contributed by atoms with Crippen LogP contribution in [0.3, 0.4) is 0 Å². The second-order valence-electron chi connectivity index (χ2n) is 6.48. The fourth-order valence-electron chi connectivity index (χ4n) is 2.68. The smallest absolute Gasteiger partial charge is 0.220 e. The molecule has 2 N–H and O–H groups in total. The van der Waals surface area contributed by atoms with Crippen LogP contribution < -0.4 is 5.32 Å². The number of allylic oxidation sites excluding steroid dienone is 2. The Labute approximate surface area is 149 Å². The average molecular weight is 341 g/mol. The highest BCUT2D eigenvalue weighted by atomic mass is 16.2. The minimum absolute atomic E-state index is 0.179. The van der Waals surface area contributed by atoms with Crippen molar-refractivity contribution in [2.45, 2.75) is 84.5 Å². The number of carbonyl (C=O) groups excluding carboxylic acids is 1. The summed E-state index contributed by atoms with van der Waals surface area (Å²) >= 11 is 0. The Morgan fingerprint density at radius 3 is 2.29 bits per heavy atom. The topological polar surface area (TPSA) is 52.6 Å². The molecular formula is C20H40N2O2. The van der Waals surface area contributed by atoms with E-state index in [4.69, 9.17) is 5.11 Å². The van der Waals surface area contributed by atoms with Gasteiger partial charge in [-0.2, -0.15) is 0 Å². The van der Waals surface area contributed by atoms with E-state index in [1.54, 1.807) is 0 Å². The summed E-state index contributed by atoms with van der Waals surface area (Å²) in [6, 6.07) is 0. The van der Waals surface area contributed by atoms with Crippen molar-refractivity contribution in [3.63, 3.8) is 0 Å². The van der Waals surface area contributed by atoms with Crippen molar-refractivity contribution in [1.29, 1.82) is 0 Å². The first kappa shape index (κ1) is 23.1. The lowest BCUT2D eigenvalue weighted by atomic mass is 10.1. The molecule has 0 rings (SSSR count). The normalized spacial score (nSPS) is 11.5. The summed E-state index contributed by atoms with van der Waals surface area (Å²) in [4.78, 5) is 14.1. The van der Waals surface area contributed by atoms with Gasteiger partial charge in [0.25, 0.3) is 0 Å². The molecule has 0 aliphatic heterocycles. The lowest BCUT2D eigenvalue weighted by molar-refractivity contribution is -0.121. The molecule has 0 saturated carbocycles. The van der Waals surface area contributed by atoms with E-state index in [1.165, 1.54) is 32.1 Å². The Balaban J connectivity index is 3.52. The monoisotopic (exact) mass is 340 g/mol. The molecule has 0 radical (unpaired) electrons. The zero-order chi connectivity index (χ0) is 17.9. The van der Waals surface area contributed by atoms with Gasteiger partial charge in [-0.3, -0.25) is 9.69 Å². The molecule has 142 valence electrons. The highest BCUT2D eigenvalue weighted by Gasteiger charge is 2.05. The molecule has 0 atom stereocenters. The first-order valence-electron chi connectivity index (χ1n) is 9.95. The summed E-state index contributed by atoms with van der Waals surface area (Å²) in [5, 5.41) is 11.8. The van der Waals surface area contributed by atoms with E-state index in [0.29, 0.717) is 19.7 Å². The number of hydrogen-bond donors (Lipinski definition) is 2.